The molecule has 0 unspecified atom stereocenters. The summed E-state index contributed by atoms with van der Waals surface area (Å²) in [4.78, 5) is 34.3. The van der Waals surface area contributed by atoms with E-state index >= 15 is 0 Å². The summed E-state index contributed by atoms with van der Waals surface area (Å²) < 4.78 is 1.87. The van der Waals surface area contributed by atoms with E-state index in [2.05, 4.69) is 15.3 Å². The Morgan fingerprint density at radius 3 is 2.74 bits per heavy atom. The van der Waals surface area contributed by atoms with Gasteiger partial charge in [-0.2, -0.15) is 0 Å². The summed E-state index contributed by atoms with van der Waals surface area (Å²) in [5, 5.41) is 12.5. The summed E-state index contributed by atoms with van der Waals surface area (Å²) in [6.07, 6.45) is 2.82. The molecule has 1 aromatic carbocycles. The number of aliphatic hydroxyl groups excluding tert-OH is 1. The summed E-state index contributed by atoms with van der Waals surface area (Å²) in [5.41, 5.74) is 2.35. The SMILES string of the molecule is CC(=O)N1C[C@H](O)C[C@@H]1C(=O)Nc1ccc(-n2cnc3ccccc32)nc1. The predicted octanol–water partition coefficient (Wildman–Crippen LogP) is 1.34. The summed E-state index contributed by atoms with van der Waals surface area (Å²) in [6, 6.07) is 10.6. The van der Waals surface area contributed by atoms with Crippen LogP contribution in [0.5, 0.6) is 0 Å². The number of para-hydroxylation sites is 2. The number of anilines is 1. The molecule has 1 aliphatic rings. The number of benzene rings is 1. The fourth-order valence-corrected chi connectivity index (χ4v) is 3.38. The third-order valence-electron chi connectivity index (χ3n) is 4.70. The fraction of sp³-hybridized carbons (Fsp3) is 0.263. The maximum absolute atomic E-state index is 12.5. The van der Waals surface area contributed by atoms with Gasteiger partial charge in [0.1, 0.15) is 18.2 Å². The molecular weight excluding hydrogens is 346 g/mol. The zero-order valence-electron chi connectivity index (χ0n) is 14.7. The smallest absolute Gasteiger partial charge is 0.247 e. The van der Waals surface area contributed by atoms with Gasteiger partial charge in [0.15, 0.2) is 0 Å². The van der Waals surface area contributed by atoms with E-state index in [1.54, 1.807) is 24.7 Å². The molecule has 2 N–H and O–H groups in total. The predicted molar refractivity (Wildman–Crippen MR) is 99.3 cm³/mol. The molecule has 27 heavy (non-hydrogen) atoms. The number of nitrogens with zero attached hydrogens (tertiary/aromatic N) is 4. The minimum absolute atomic E-state index is 0.179. The fourth-order valence-electron chi connectivity index (χ4n) is 3.38. The lowest BCUT2D eigenvalue weighted by molar-refractivity contribution is -0.134. The van der Waals surface area contributed by atoms with Gasteiger partial charge in [-0.25, -0.2) is 9.97 Å². The van der Waals surface area contributed by atoms with Crippen LogP contribution >= 0.6 is 0 Å². The van der Waals surface area contributed by atoms with Gasteiger partial charge in [0.25, 0.3) is 0 Å². The molecule has 2 atom stereocenters. The topological polar surface area (TPSA) is 100 Å². The quantitative estimate of drug-likeness (QED) is 0.730. The van der Waals surface area contributed by atoms with Crippen LogP contribution in [0.15, 0.2) is 48.9 Å². The maximum atomic E-state index is 12.5. The molecule has 1 aliphatic heterocycles. The second-order valence-electron chi connectivity index (χ2n) is 6.57. The van der Waals surface area contributed by atoms with Crippen molar-refractivity contribution in [1.29, 1.82) is 0 Å². The average molecular weight is 365 g/mol. The van der Waals surface area contributed by atoms with Gasteiger partial charge < -0.3 is 15.3 Å². The molecule has 8 nitrogen and oxygen atoms in total. The number of pyridine rings is 1. The van der Waals surface area contributed by atoms with E-state index in [0.29, 0.717) is 11.5 Å². The van der Waals surface area contributed by atoms with Crippen molar-refractivity contribution in [2.45, 2.75) is 25.5 Å². The Bertz CT molecular complexity index is 998. The van der Waals surface area contributed by atoms with Crippen molar-refractivity contribution >= 4 is 28.5 Å². The number of nitrogens with one attached hydrogen (secondary N) is 1. The molecular formula is C19H19N5O3. The second kappa shape index (κ2) is 6.81. The zero-order chi connectivity index (χ0) is 19.0. The molecule has 3 heterocycles. The number of fused-ring (bicyclic) bond motifs is 1. The van der Waals surface area contributed by atoms with Crippen LogP contribution in [0.1, 0.15) is 13.3 Å². The summed E-state index contributed by atoms with van der Waals surface area (Å²) >= 11 is 0. The van der Waals surface area contributed by atoms with E-state index in [4.69, 9.17) is 0 Å². The highest BCUT2D eigenvalue weighted by atomic mass is 16.3. The number of hydrogen-bond acceptors (Lipinski definition) is 5. The summed E-state index contributed by atoms with van der Waals surface area (Å²) in [7, 11) is 0. The van der Waals surface area contributed by atoms with Crippen molar-refractivity contribution in [3.05, 3.63) is 48.9 Å². The molecule has 2 aromatic heterocycles. The molecule has 2 amide bonds. The highest BCUT2D eigenvalue weighted by molar-refractivity contribution is 5.97. The first-order valence-corrected chi connectivity index (χ1v) is 8.67. The number of imidazole rings is 1. The minimum atomic E-state index is -0.681. The molecule has 1 fully saturated rings. The van der Waals surface area contributed by atoms with Crippen LogP contribution < -0.4 is 5.32 Å². The van der Waals surface area contributed by atoms with Crippen LogP contribution in [-0.4, -0.2) is 55.0 Å². The lowest BCUT2D eigenvalue weighted by Crippen LogP contribution is -2.42. The molecule has 0 spiro atoms. The van der Waals surface area contributed by atoms with Crippen LogP contribution in [0, 0.1) is 0 Å². The normalized spacial score (nSPS) is 19.4. The lowest BCUT2D eigenvalue weighted by atomic mass is 10.2. The number of carbonyl (C=O) groups is 2. The molecule has 0 radical (unpaired) electrons. The molecule has 3 aromatic rings. The maximum Gasteiger partial charge on any atom is 0.247 e. The first-order chi connectivity index (χ1) is 13.0. The van der Waals surface area contributed by atoms with Crippen molar-refractivity contribution in [3.63, 3.8) is 0 Å². The Kier molecular flexibility index (Phi) is 4.33. The van der Waals surface area contributed by atoms with Gasteiger partial charge in [0.2, 0.25) is 11.8 Å². The van der Waals surface area contributed by atoms with Crippen molar-refractivity contribution in [1.82, 2.24) is 19.4 Å². The molecule has 0 saturated carbocycles. The van der Waals surface area contributed by atoms with Gasteiger partial charge in [-0.05, 0) is 24.3 Å². The van der Waals surface area contributed by atoms with E-state index in [9.17, 15) is 14.7 Å². The van der Waals surface area contributed by atoms with Crippen molar-refractivity contribution < 1.29 is 14.7 Å². The molecule has 0 aliphatic carbocycles. The van der Waals surface area contributed by atoms with Crippen LogP contribution in [0.2, 0.25) is 0 Å². The van der Waals surface area contributed by atoms with Crippen LogP contribution in [0.4, 0.5) is 5.69 Å². The van der Waals surface area contributed by atoms with E-state index < -0.39 is 12.1 Å². The van der Waals surface area contributed by atoms with Gasteiger partial charge in [-0.15, -0.1) is 0 Å². The number of amides is 2. The zero-order valence-corrected chi connectivity index (χ0v) is 14.7. The van der Waals surface area contributed by atoms with Gasteiger partial charge >= 0.3 is 0 Å². The van der Waals surface area contributed by atoms with Crippen LogP contribution in [0.3, 0.4) is 0 Å². The Hall–Kier alpha value is -3.26. The summed E-state index contributed by atoms with van der Waals surface area (Å²) in [5.74, 6) is 0.125. The van der Waals surface area contributed by atoms with Crippen LogP contribution in [0.25, 0.3) is 16.9 Å². The largest absolute Gasteiger partial charge is 0.391 e. The monoisotopic (exact) mass is 365 g/mol. The van der Waals surface area contributed by atoms with Crippen LogP contribution in [-0.2, 0) is 9.59 Å². The van der Waals surface area contributed by atoms with Gasteiger partial charge in [0, 0.05) is 19.9 Å². The van der Waals surface area contributed by atoms with E-state index in [0.717, 1.165) is 11.0 Å². The molecule has 138 valence electrons. The Labute approximate surface area is 155 Å². The first kappa shape index (κ1) is 17.2. The number of rotatable bonds is 3. The number of carbonyl (C=O) groups excluding carboxylic acids is 2. The average Bonchev–Trinajstić information content (AvgIpc) is 3.26. The molecule has 4 rings (SSSR count). The van der Waals surface area contributed by atoms with Gasteiger partial charge in [-0.3, -0.25) is 14.2 Å². The Balaban J connectivity index is 1.51. The van der Waals surface area contributed by atoms with E-state index in [1.807, 2.05) is 28.8 Å². The molecule has 0 bridgehead atoms. The second-order valence-corrected chi connectivity index (χ2v) is 6.57. The first-order valence-electron chi connectivity index (χ1n) is 8.67. The third-order valence-corrected chi connectivity index (χ3v) is 4.70. The standard InChI is InChI=1S/C19H19N5O3/c1-12(25)23-10-14(26)8-17(23)19(27)22-13-6-7-18(20-9-13)24-11-21-15-4-2-3-5-16(15)24/h2-7,9,11,14,17,26H,8,10H2,1H3,(H,22,27)/t14-,17-/m1/s1. The molecule has 8 heteroatoms. The van der Waals surface area contributed by atoms with Crippen molar-refractivity contribution in [3.8, 4) is 5.82 Å². The Morgan fingerprint density at radius 1 is 1.19 bits per heavy atom. The highest BCUT2D eigenvalue weighted by Crippen LogP contribution is 2.21. The van der Waals surface area contributed by atoms with Crippen molar-refractivity contribution in [2.75, 3.05) is 11.9 Å². The van der Waals surface area contributed by atoms with E-state index in [1.165, 1.54) is 11.8 Å². The Morgan fingerprint density at radius 2 is 2.00 bits per heavy atom. The number of aliphatic hydroxyl groups is 1. The van der Waals surface area contributed by atoms with E-state index in [-0.39, 0.29) is 24.8 Å². The summed E-state index contributed by atoms with van der Waals surface area (Å²) in [6.45, 7) is 1.57. The highest BCUT2D eigenvalue weighted by Gasteiger charge is 2.37. The van der Waals surface area contributed by atoms with Gasteiger partial charge in [-0.1, -0.05) is 12.1 Å². The van der Waals surface area contributed by atoms with Crippen molar-refractivity contribution in [2.24, 2.45) is 0 Å². The number of likely N-dealkylation sites (tertiary alicyclic amines) is 1. The third kappa shape index (κ3) is 3.26. The molecule has 1 saturated heterocycles. The number of hydrogen-bond donors (Lipinski definition) is 2. The number of β-amino-alcohol motifs (C(OH)–C–C–N with tert-alkyl or cyclic N) is 1. The minimum Gasteiger partial charge on any atom is -0.391 e. The van der Waals surface area contributed by atoms with Gasteiger partial charge in [0.05, 0.1) is 29.0 Å². The lowest BCUT2D eigenvalue weighted by Gasteiger charge is -2.22. The number of aromatic nitrogens is 3.